The highest BCUT2D eigenvalue weighted by Crippen LogP contribution is 2.34. The fraction of sp³-hybridized carbons (Fsp3) is 0.588. The van der Waals surface area contributed by atoms with Crippen molar-refractivity contribution in [2.45, 2.75) is 64.8 Å². The van der Waals surface area contributed by atoms with E-state index < -0.39 is 11.5 Å². The SMILES string of the molecule is CCCc1nc2sc3c(c2c(=O)n1C(C)(C)C(=O)O)CCCC3. The molecule has 1 N–H and O–H groups in total. The Morgan fingerprint density at radius 3 is 2.70 bits per heavy atom. The lowest BCUT2D eigenvalue weighted by Gasteiger charge is -2.25. The molecule has 0 bridgehead atoms. The first-order valence-corrected chi connectivity index (χ1v) is 8.99. The monoisotopic (exact) mass is 334 g/mol. The van der Waals surface area contributed by atoms with Crippen LogP contribution in [0.25, 0.3) is 10.2 Å². The topological polar surface area (TPSA) is 72.2 Å². The molecule has 0 aliphatic heterocycles. The molecule has 2 heterocycles. The molecule has 1 aliphatic carbocycles. The summed E-state index contributed by atoms with van der Waals surface area (Å²) in [7, 11) is 0. The number of aliphatic carboxylic acids is 1. The van der Waals surface area contributed by atoms with E-state index in [9.17, 15) is 14.7 Å². The highest BCUT2D eigenvalue weighted by molar-refractivity contribution is 7.18. The molecule has 0 unspecified atom stereocenters. The normalized spacial score (nSPS) is 14.9. The number of carboxylic acid groups (broad SMARTS) is 1. The Hall–Kier alpha value is -1.69. The smallest absolute Gasteiger partial charge is 0.329 e. The van der Waals surface area contributed by atoms with E-state index in [-0.39, 0.29) is 5.56 Å². The lowest BCUT2D eigenvalue weighted by atomic mass is 9.97. The van der Waals surface area contributed by atoms with Crippen LogP contribution in [-0.4, -0.2) is 20.6 Å². The van der Waals surface area contributed by atoms with E-state index in [1.54, 1.807) is 25.2 Å². The predicted molar refractivity (Wildman–Crippen MR) is 91.5 cm³/mol. The summed E-state index contributed by atoms with van der Waals surface area (Å²) in [4.78, 5) is 31.6. The molecule has 23 heavy (non-hydrogen) atoms. The Balaban J connectivity index is 2.37. The van der Waals surface area contributed by atoms with E-state index in [0.717, 1.165) is 42.5 Å². The van der Waals surface area contributed by atoms with Gasteiger partial charge in [-0.25, -0.2) is 9.78 Å². The van der Waals surface area contributed by atoms with Gasteiger partial charge in [0.15, 0.2) is 0 Å². The average molecular weight is 334 g/mol. The van der Waals surface area contributed by atoms with Crippen LogP contribution in [0.4, 0.5) is 0 Å². The second kappa shape index (κ2) is 5.74. The maximum atomic E-state index is 13.2. The predicted octanol–water partition coefficient (Wildman–Crippen LogP) is 3.11. The summed E-state index contributed by atoms with van der Waals surface area (Å²) in [6.07, 6.45) is 5.55. The lowest BCUT2D eigenvalue weighted by Crippen LogP contribution is -2.45. The van der Waals surface area contributed by atoms with Crippen LogP contribution < -0.4 is 5.56 Å². The minimum absolute atomic E-state index is 0.190. The molecule has 2 aromatic rings. The molecule has 0 amide bonds. The van der Waals surface area contributed by atoms with Crippen molar-refractivity contribution in [1.29, 1.82) is 0 Å². The number of nitrogens with zero attached hydrogens (tertiary/aromatic N) is 2. The van der Waals surface area contributed by atoms with E-state index >= 15 is 0 Å². The van der Waals surface area contributed by atoms with Gasteiger partial charge in [-0.15, -0.1) is 11.3 Å². The highest BCUT2D eigenvalue weighted by atomic mass is 32.1. The number of aromatic nitrogens is 2. The third kappa shape index (κ3) is 2.49. The van der Waals surface area contributed by atoms with Gasteiger partial charge in [-0.3, -0.25) is 9.36 Å². The molecule has 0 spiro atoms. The first kappa shape index (κ1) is 16.2. The molecule has 6 heteroatoms. The van der Waals surface area contributed by atoms with Crippen molar-refractivity contribution in [1.82, 2.24) is 9.55 Å². The van der Waals surface area contributed by atoms with Gasteiger partial charge in [-0.1, -0.05) is 6.92 Å². The van der Waals surface area contributed by atoms with Crippen LogP contribution in [0, 0.1) is 0 Å². The molecule has 0 saturated heterocycles. The molecular formula is C17H22N2O3S. The number of hydrogen-bond acceptors (Lipinski definition) is 4. The largest absolute Gasteiger partial charge is 0.480 e. The summed E-state index contributed by atoms with van der Waals surface area (Å²) < 4.78 is 1.41. The number of carboxylic acids is 1. The van der Waals surface area contributed by atoms with Gasteiger partial charge in [0.25, 0.3) is 5.56 Å². The minimum Gasteiger partial charge on any atom is -0.480 e. The summed E-state index contributed by atoms with van der Waals surface area (Å²) in [5.74, 6) is -0.432. The molecule has 5 nitrogen and oxygen atoms in total. The fourth-order valence-corrected chi connectivity index (χ4v) is 4.58. The number of carbonyl (C=O) groups is 1. The quantitative estimate of drug-likeness (QED) is 0.932. The van der Waals surface area contributed by atoms with Crippen LogP contribution in [0.1, 0.15) is 56.3 Å². The van der Waals surface area contributed by atoms with Crippen LogP contribution in [0.2, 0.25) is 0 Å². The molecule has 0 saturated carbocycles. The zero-order valence-electron chi connectivity index (χ0n) is 13.8. The number of hydrogen-bond donors (Lipinski definition) is 1. The summed E-state index contributed by atoms with van der Waals surface area (Å²) >= 11 is 1.61. The number of fused-ring (bicyclic) bond motifs is 3. The van der Waals surface area contributed by atoms with Gasteiger partial charge in [0.1, 0.15) is 16.2 Å². The van der Waals surface area contributed by atoms with Crippen LogP contribution in [0.3, 0.4) is 0 Å². The second-order valence-electron chi connectivity index (χ2n) is 6.67. The van der Waals surface area contributed by atoms with Gasteiger partial charge in [0, 0.05) is 11.3 Å². The molecule has 1 aliphatic rings. The molecule has 0 aromatic carbocycles. The zero-order valence-corrected chi connectivity index (χ0v) is 14.6. The number of aryl methyl sites for hydroxylation is 3. The van der Waals surface area contributed by atoms with Gasteiger partial charge in [0.05, 0.1) is 5.39 Å². The molecule has 0 fully saturated rings. The van der Waals surface area contributed by atoms with E-state index in [2.05, 4.69) is 0 Å². The van der Waals surface area contributed by atoms with Gasteiger partial charge in [0.2, 0.25) is 0 Å². The van der Waals surface area contributed by atoms with Crippen molar-refractivity contribution in [3.63, 3.8) is 0 Å². The van der Waals surface area contributed by atoms with Gasteiger partial charge >= 0.3 is 5.97 Å². The van der Waals surface area contributed by atoms with Crippen molar-refractivity contribution >= 4 is 27.5 Å². The van der Waals surface area contributed by atoms with Gasteiger partial charge in [-0.05, 0) is 51.5 Å². The average Bonchev–Trinajstić information content (AvgIpc) is 2.85. The van der Waals surface area contributed by atoms with E-state index in [1.165, 1.54) is 9.44 Å². The van der Waals surface area contributed by atoms with E-state index in [0.29, 0.717) is 17.6 Å². The fourth-order valence-electron chi connectivity index (χ4n) is 3.31. The Morgan fingerprint density at radius 2 is 2.04 bits per heavy atom. The Morgan fingerprint density at radius 1 is 1.35 bits per heavy atom. The lowest BCUT2D eigenvalue weighted by molar-refractivity contribution is -0.146. The number of thiophene rings is 1. The Labute approximate surface area is 139 Å². The summed E-state index contributed by atoms with van der Waals surface area (Å²) in [5.41, 5.74) is -0.385. The standard InChI is InChI=1S/C17H22N2O3S/c1-4-7-12-18-14-13(10-8-5-6-9-11(10)23-14)15(20)19(12)17(2,3)16(21)22/h4-9H2,1-3H3,(H,21,22). The first-order valence-electron chi connectivity index (χ1n) is 8.18. The van der Waals surface area contributed by atoms with Crippen molar-refractivity contribution in [2.24, 2.45) is 0 Å². The maximum absolute atomic E-state index is 13.2. The summed E-state index contributed by atoms with van der Waals surface area (Å²) in [6, 6.07) is 0. The van der Waals surface area contributed by atoms with Gasteiger partial charge < -0.3 is 5.11 Å². The second-order valence-corrected chi connectivity index (χ2v) is 7.76. The van der Waals surface area contributed by atoms with Crippen LogP contribution in [0.5, 0.6) is 0 Å². The van der Waals surface area contributed by atoms with Crippen LogP contribution >= 0.6 is 11.3 Å². The third-order valence-electron chi connectivity index (χ3n) is 4.61. The van der Waals surface area contributed by atoms with Crippen molar-refractivity contribution in [2.75, 3.05) is 0 Å². The Bertz CT molecular complexity index is 832. The third-order valence-corrected chi connectivity index (χ3v) is 5.80. The molecule has 0 atom stereocenters. The maximum Gasteiger partial charge on any atom is 0.329 e. The molecule has 0 radical (unpaired) electrons. The minimum atomic E-state index is -1.30. The Kier molecular flexibility index (Phi) is 4.04. The van der Waals surface area contributed by atoms with Crippen molar-refractivity contribution in [3.8, 4) is 0 Å². The highest BCUT2D eigenvalue weighted by Gasteiger charge is 2.34. The van der Waals surface area contributed by atoms with E-state index in [1.807, 2.05) is 6.92 Å². The molecular weight excluding hydrogens is 312 g/mol. The van der Waals surface area contributed by atoms with Gasteiger partial charge in [-0.2, -0.15) is 0 Å². The summed E-state index contributed by atoms with van der Waals surface area (Å²) in [5, 5.41) is 10.2. The van der Waals surface area contributed by atoms with Crippen molar-refractivity contribution in [3.05, 3.63) is 26.6 Å². The zero-order chi connectivity index (χ0) is 16.8. The van der Waals surface area contributed by atoms with E-state index in [4.69, 9.17) is 4.98 Å². The molecule has 2 aromatic heterocycles. The van der Waals surface area contributed by atoms with Crippen LogP contribution in [-0.2, 0) is 29.6 Å². The first-order chi connectivity index (χ1) is 10.9. The molecule has 3 rings (SSSR count). The molecule has 124 valence electrons. The number of rotatable bonds is 4. The van der Waals surface area contributed by atoms with Crippen LogP contribution in [0.15, 0.2) is 4.79 Å². The summed E-state index contributed by atoms with van der Waals surface area (Å²) in [6.45, 7) is 5.15. The van der Waals surface area contributed by atoms with Crippen molar-refractivity contribution < 1.29 is 9.90 Å².